The second-order valence-corrected chi connectivity index (χ2v) is 12.7. The van der Waals surface area contributed by atoms with Crippen LogP contribution in [0.4, 0.5) is 22.0 Å². The number of rotatable bonds is 1. The summed E-state index contributed by atoms with van der Waals surface area (Å²) >= 11 is -4.61. The van der Waals surface area contributed by atoms with Gasteiger partial charge in [0.05, 0.1) is 0 Å². The van der Waals surface area contributed by atoms with Gasteiger partial charge in [-0.25, -0.2) is 0 Å². The SMILES string of the molecule is FC(F)(F)[C](F)(F)[Bi]([Cl])[Cl]. The Morgan fingerprint density at radius 2 is 1.20 bits per heavy atom. The Balaban J connectivity index is 4.40. The van der Waals surface area contributed by atoms with Crippen LogP contribution < -0.4 is 0 Å². The number of halogens is 7. The Morgan fingerprint density at radius 3 is 1.20 bits per heavy atom. The van der Waals surface area contributed by atoms with Gasteiger partial charge in [-0.15, -0.1) is 0 Å². The van der Waals surface area contributed by atoms with Crippen LogP contribution in [-0.2, 0) is 0 Å². The van der Waals surface area contributed by atoms with Crippen LogP contribution >= 0.6 is 17.0 Å². The van der Waals surface area contributed by atoms with E-state index in [0.29, 0.717) is 0 Å². The van der Waals surface area contributed by atoms with Gasteiger partial charge in [0.2, 0.25) is 0 Å². The molecule has 0 amide bonds. The molecule has 0 nitrogen and oxygen atoms in total. The van der Waals surface area contributed by atoms with Crippen molar-refractivity contribution in [3.8, 4) is 0 Å². The molecule has 0 unspecified atom stereocenters. The van der Waals surface area contributed by atoms with Crippen molar-refractivity contribution in [1.82, 2.24) is 0 Å². The third-order valence-electron chi connectivity index (χ3n) is 0.553. The first-order valence-corrected chi connectivity index (χ1v) is 12.1. The first-order chi connectivity index (χ1) is 4.19. The molecule has 8 heteroatoms. The van der Waals surface area contributed by atoms with E-state index in [2.05, 4.69) is 17.0 Å². The van der Waals surface area contributed by atoms with Gasteiger partial charge in [-0.3, -0.25) is 0 Å². The summed E-state index contributed by atoms with van der Waals surface area (Å²) in [5.74, 6) is 0. The van der Waals surface area contributed by atoms with Crippen molar-refractivity contribution in [1.29, 1.82) is 0 Å². The average molecular weight is 399 g/mol. The van der Waals surface area contributed by atoms with Crippen LogP contribution in [0, 0.1) is 0 Å². The maximum absolute atomic E-state index is 11.8. The molecule has 0 N–H and O–H groups in total. The van der Waals surface area contributed by atoms with Gasteiger partial charge in [-0.1, -0.05) is 0 Å². The van der Waals surface area contributed by atoms with E-state index >= 15 is 0 Å². The van der Waals surface area contributed by atoms with Crippen molar-refractivity contribution in [3.05, 3.63) is 0 Å². The molecule has 0 atom stereocenters. The van der Waals surface area contributed by atoms with Gasteiger partial charge >= 0.3 is 68.1 Å². The Kier molecular flexibility index (Phi) is 3.59. The van der Waals surface area contributed by atoms with E-state index in [-0.39, 0.29) is 0 Å². The Labute approximate surface area is 68.1 Å². The van der Waals surface area contributed by atoms with Gasteiger partial charge in [0, 0.05) is 0 Å². The van der Waals surface area contributed by atoms with Crippen LogP contribution in [0.3, 0.4) is 0 Å². The second kappa shape index (κ2) is 3.23. The Morgan fingerprint density at radius 1 is 0.900 bits per heavy atom. The van der Waals surface area contributed by atoms with Crippen LogP contribution in [0.15, 0.2) is 0 Å². The van der Waals surface area contributed by atoms with E-state index in [0.717, 1.165) is 0 Å². The first-order valence-electron chi connectivity index (χ1n) is 1.76. The van der Waals surface area contributed by atoms with Crippen molar-refractivity contribution in [2.45, 2.75) is 9.81 Å². The van der Waals surface area contributed by atoms with E-state index in [4.69, 9.17) is 0 Å². The molecule has 62 valence electrons. The summed E-state index contributed by atoms with van der Waals surface area (Å²) in [7, 11) is 9.11. The average Bonchev–Trinajstić information content (AvgIpc) is 1.62. The van der Waals surface area contributed by atoms with Crippen molar-refractivity contribution in [2.75, 3.05) is 0 Å². The van der Waals surface area contributed by atoms with Crippen LogP contribution in [0.2, 0.25) is 0 Å². The zero-order valence-corrected chi connectivity index (χ0v) is 9.08. The fourth-order valence-corrected chi connectivity index (χ4v) is 2.52. The summed E-state index contributed by atoms with van der Waals surface area (Å²) in [6, 6.07) is 0. The molecule has 0 aromatic rings. The summed E-state index contributed by atoms with van der Waals surface area (Å²) in [5, 5.41) is 0. The summed E-state index contributed by atoms with van der Waals surface area (Å²) < 4.78 is 52.3. The van der Waals surface area contributed by atoms with E-state index in [1.165, 1.54) is 0 Å². The van der Waals surface area contributed by atoms with Gasteiger partial charge in [0.25, 0.3) is 0 Å². The van der Waals surface area contributed by atoms with Crippen LogP contribution in [0.1, 0.15) is 0 Å². The van der Waals surface area contributed by atoms with Crippen molar-refractivity contribution in [2.24, 2.45) is 0 Å². The van der Waals surface area contributed by atoms with Gasteiger partial charge in [-0.05, 0) is 0 Å². The summed E-state index contributed by atoms with van der Waals surface area (Å²) in [5.41, 5.74) is 0. The molecular weight excluding hydrogens is 399 g/mol. The van der Waals surface area contributed by atoms with Gasteiger partial charge < -0.3 is 0 Å². The molecule has 0 bridgehead atoms. The summed E-state index contributed by atoms with van der Waals surface area (Å²) in [6.45, 7) is 0. The van der Waals surface area contributed by atoms with E-state index in [9.17, 15) is 22.0 Å². The minimum absolute atomic E-state index is 4.55. The van der Waals surface area contributed by atoms with E-state index in [1.807, 2.05) is 0 Å². The molecule has 0 aromatic heterocycles. The molecule has 0 aliphatic carbocycles. The topological polar surface area (TPSA) is 0 Å². The fourth-order valence-electron chi connectivity index (χ4n) is 0.0958. The monoisotopic (exact) mass is 398 g/mol. The molecule has 0 rings (SSSR count). The Hall–Kier alpha value is 1.11. The maximum atomic E-state index is 11.8. The second-order valence-electron chi connectivity index (χ2n) is 1.27. The van der Waals surface area contributed by atoms with Crippen molar-refractivity contribution in [3.63, 3.8) is 0 Å². The predicted octanol–water partition coefficient (Wildman–Crippen LogP) is 2.69. The third kappa shape index (κ3) is 2.31. The van der Waals surface area contributed by atoms with Crippen molar-refractivity contribution < 1.29 is 22.0 Å². The molecule has 0 spiro atoms. The molecule has 0 saturated carbocycles. The number of hydrogen-bond acceptors (Lipinski definition) is 0. The standard InChI is InChI=1S/C2F5.Bi.2ClH/c3-1(4)2(5,6)7;;;/h;;2*1H/q;+2;;/p-2. The molecule has 0 radical (unpaired) electrons. The van der Waals surface area contributed by atoms with Crippen LogP contribution in [0.5, 0.6) is 0 Å². The Bertz CT molecular complexity index is 119. The molecule has 10 heavy (non-hydrogen) atoms. The number of hydrogen-bond donors (Lipinski definition) is 0. The van der Waals surface area contributed by atoms with Gasteiger partial charge in [0.1, 0.15) is 0 Å². The number of alkyl halides is 5. The minimum atomic E-state index is -5.59. The zero-order valence-electron chi connectivity index (χ0n) is 4.09. The van der Waals surface area contributed by atoms with Crippen LogP contribution in [0.25, 0.3) is 0 Å². The molecule has 0 aliphatic rings. The summed E-state index contributed by atoms with van der Waals surface area (Å²) in [6.07, 6.45) is -5.59. The molecule has 0 heterocycles. The van der Waals surface area contributed by atoms with Crippen LogP contribution in [-0.4, -0.2) is 29.2 Å². The van der Waals surface area contributed by atoms with Gasteiger partial charge in [0.15, 0.2) is 0 Å². The molecule has 0 aliphatic heterocycles. The molecule has 0 aromatic carbocycles. The molecular formula is C2BiCl2F5. The normalized spacial score (nSPS) is 14.4. The molecule has 0 saturated heterocycles. The first kappa shape index (κ1) is 11.1. The van der Waals surface area contributed by atoms with Gasteiger partial charge in [-0.2, -0.15) is 0 Å². The van der Waals surface area contributed by atoms with E-state index < -0.39 is 29.2 Å². The molecule has 0 fully saturated rings. The third-order valence-corrected chi connectivity index (χ3v) is 6.92. The fraction of sp³-hybridized carbons (Fsp3) is 1.00. The zero-order chi connectivity index (χ0) is 8.58. The predicted molar refractivity (Wildman–Crippen MR) is 28.5 cm³/mol. The van der Waals surface area contributed by atoms with E-state index in [1.54, 1.807) is 0 Å². The quantitative estimate of drug-likeness (QED) is 0.470. The van der Waals surface area contributed by atoms with Crippen molar-refractivity contribution >= 4 is 36.4 Å². The summed E-state index contributed by atoms with van der Waals surface area (Å²) in [4.78, 5) is 0.